The summed E-state index contributed by atoms with van der Waals surface area (Å²) in [7, 11) is -1.77. The second kappa shape index (κ2) is 6.07. The van der Waals surface area contributed by atoms with E-state index in [1.54, 1.807) is 20.9 Å². The molecule has 0 aliphatic rings. The van der Waals surface area contributed by atoms with Crippen LogP contribution in [0.25, 0.3) is 0 Å². The van der Waals surface area contributed by atoms with E-state index in [4.69, 9.17) is 4.42 Å². The maximum absolute atomic E-state index is 12.5. The fourth-order valence-corrected chi connectivity index (χ4v) is 3.72. The highest BCUT2D eigenvalue weighted by molar-refractivity contribution is 7.89. The van der Waals surface area contributed by atoms with Gasteiger partial charge < -0.3 is 9.73 Å². The molecule has 6 heteroatoms. The van der Waals surface area contributed by atoms with Crippen molar-refractivity contribution in [1.29, 1.82) is 0 Å². The third-order valence-corrected chi connectivity index (χ3v) is 5.04. The Morgan fingerprint density at radius 2 is 1.74 bits per heavy atom. The minimum Gasteiger partial charge on any atom is -0.465 e. The highest BCUT2D eigenvalue weighted by Crippen LogP contribution is 2.26. The Morgan fingerprint density at radius 3 is 2.21 bits per heavy atom. The first-order chi connectivity index (χ1) is 8.70. The third-order valence-electron chi connectivity index (χ3n) is 3.29. The lowest BCUT2D eigenvalue weighted by Gasteiger charge is -2.18. The minimum atomic E-state index is -3.55. The van der Waals surface area contributed by atoms with Crippen molar-refractivity contribution in [3.63, 3.8) is 0 Å². The van der Waals surface area contributed by atoms with Crippen LogP contribution in [0.5, 0.6) is 0 Å². The molecule has 0 radical (unpaired) electrons. The fraction of sp³-hybridized carbons (Fsp3) is 0.692. The zero-order valence-electron chi connectivity index (χ0n) is 12.5. The topological polar surface area (TPSA) is 71.3 Å². The maximum Gasteiger partial charge on any atom is 0.244 e. The van der Waals surface area contributed by atoms with Crippen LogP contribution in [0.15, 0.2) is 9.31 Å². The van der Waals surface area contributed by atoms with Crippen molar-refractivity contribution in [2.75, 3.05) is 7.05 Å². The standard InChI is InChI=1S/C13H24N2O3S/c1-8(2)9(3)15-19(16,17)13-11(5)18-10(4)12(13)7-14-6/h8-9,14-15H,7H2,1-6H3. The van der Waals surface area contributed by atoms with E-state index in [-0.39, 0.29) is 16.9 Å². The van der Waals surface area contributed by atoms with Crippen molar-refractivity contribution >= 4 is 10.0 Å². The van der Waals surface area contributed by atoms with Gasteiger partial charge in [-0.3, -0.25) is 0 Å². The van der Waals surface area contributed by atoms with Crippen molar-refractivity contribution in [2.24, 2.45) is 5.92 Å². The van der Waals surface area contributed by atoms with Crippen molar-refractivity contribution < 1.29 is 12.8 Å². The largest absolute Gasteiger partial charge is 0.465 e. The lowest BCUT2D eigenvalue weighted by atomic mass is 10.1. The monoisotopic (exact) mass is 288 g/mol. The number of rotatable bonds is 6. The summed E-state index contributed by atoms with van der Waals surface area (Å²) >= 11 is 0. The highest BCUT2D eigenvalue weighted by atomic mass is 32.2. The first-order valence-corrected chi connectivity index (χ1v) is 7.94. The lowest BCUT2D eigenvalue weighted by molar-refractivity contribution is 0.472. The summed E-state index contributed by atoms with van der Waals surface area (Å²) < 4.78 is 33.1. The second-order valence-corrected chi connectivity index (χ2v) is 6.86. The smallest absolute Gasteiger partial charge is 0.244 e. The molecule has 1 aromatic rings. The van der Waals surface area contributed by atoms with Gasteiger partial charge in [0.05, 0.1) is 0 Å². The van der Waals surface area contributed by atoms with E-state index in [1.165, 1.54) is 0 Å². The van der Waals surface area contributed by atoms with Gasteiger partial charge in [0.15, 0.2) is 0 Å². The molecule has 0 bridgehead atoms. The van der Waals surface area contributed by atoms with Crippen LogP contribution in [-0.2, 0) is 16.6 Å². The van der Waals surface area contributed by atoms with Crippen molar-refractivity contribution in [3.8, 4) is 0 Å². The van der Waals surface area contributed by atoms with Gasteiger partial charge in [-0.05, 0) is 33.7 Å². The van der Waals surface area contributed by atoms with E-state index in [9.17, 15) is 8.42 Å². The van der Waals surface area contributed by atoms with Crippen molar-refractivity contribution in [1.82, 2.24) is 10.0 Å². The molecule has 0 amide bonds. The molecule has 1 unspecified atom stereocenters. The number of nitrogens with one attached hydrogen (secondary N) is 2. The summed E-state index contributed by atoms with van der Waals surface area (Å²) in [5.74, 6) is 1.31. The SMILES string of the molecule is CNCc1c(C)oc(C)c1S(=O)(=O)NC(C)C(C)C. The number of hydrogen-bond acceptors (Lipinski definition) is 4. The molecule has 0 saturated heterocycles. The molecule has 0 aliphatic heterocycles. The summed E-state index contributed by atoms with van der Waals surface area (Å²) in [6.45, 7) is 9.76. The van der Waals surface area contributed by atoms with Gasteiger partial charge in [-0.2, -0.15) is 0 Å². The minimum absolute atomic E-state index is 0.123. The van der Waals surface area contributed by atoms with Gasteiger partial charge in [0, 0.05) is 18.2 Å². The Hall–Kier alpha value is -0.850. The quantitative estimate of drug-likeness (QED) is 0.839. The van der Waals surface area contributed by atoms with Gasteiger partial charge in [-0.25, -0.2) is 13.1 Å². The van der Waals surface area contributed by atoms with E-state index in [1.807, 2.05) is 20.8 Å². The van der Waals surface area contributed by atoms with E-state index >= 15 is 0 Å². The average Bonchev–Trinajstić information content (AvgIpc) is 2.54. The summed E-state index contributed by atoms with van der Waals surface area (Å²) in [6, 6.07) is -0.123. The van der Waals surface area contributed by atoms with E-state index < -0.39 is 10.0 Å². The summed E-state index contributed by atoms with van der Waals surface area (Å²) in [4.78, 5) is 0.270. The molecule has 0 spiro atoms. The molecule has 110 valence electrons. The Balaban J connectivity index is 3.21. The average molecular weight is 288 g/mol. The van der Waals surface area contributed by atoms with Crippen LogP contribution in [0.3, 0.4) is 0 Å². The van der Waals surface area contributed by atoms with E-state index in [0.717, 1.165) is 0 Å². The van der Waals surface area contributed by atoms with Crippen LogP contribution in [0.4, 0.5) is 0 Å². The number of aryl methyl sites for hydroxylation is 2. The molecule has 1 atom stereocenters. The van der Waals surface area contributed by atoms with Gasteiger partial charge in [0.25, 0.3) is 0 Å². The molecule has 19 heavy (non-hydrogen) atoms. The van der Waals surface area contributed by atoms with Crippen molar-refractivity contribution in [2.45, 2.75) is 52.1 Å². The van der Waals surface area contributed by atoms with E-state index in [2.05, 4.69) is 10.0 Å². The maximum atomic E-state index is 12.5. The zero-order chi connectivity index (χ0) is 14.8. The number of sulfonamides is 1. The fourth-order valence-electron chi connectivity index (χ4n) is 1.88. The number of hydrogen-bond donors (Lipinski definition) is 2. The Labute approximate surface area is 115 Å². The first-order valence-electron chi connectivity index (χ1n) is 6.46. The van der Waals surface area contributed by atoms with Gasteiger partial charge in [-0.15, -0.1) is 0 Å². The van der Waals surface area contributed by atoms with Gasteiger partial charge in [0.1, 0.15) is 16.4 Å². The second-order valence-electron chi connectivity index (χ2n) is 5.21. The normalized spacial score (nSPS) is 14.1. The van der Waals surface area contributed by atoms with Crippen LogP contribution in [0.2, 0.25) is 0 Å². The molecular weight excluding hydrogens is 264 g/mol. The molecule has 0 aliphatic carbocycles. The van der Waals surface area contributed by atoms with Crippen LogP contribution in [0.1, 0.15) is 37.9 Å². The molecule has 0 saturated carbocycles. The van der Waals surface area contributed by atoms with Crippen molar-refractivity contribution in [3.05, 3.63) is 17.1 Å². The van der Waals surface area contributed by atoms with Crippen LogP contribution in [-0.4, -0.2) is 21.5 Å². The van der Waals surface area contributed by atoms with Gasteiger partial charge in [-0.1, -0.05) is 13.8 Å². The summed E-state index contributed by atoms with van der Waals surface area (Å²) in [6.07, 6.45) is 0. The van der Waals surface area contributed by atoms with Gasteiger partial charge in [0.2, 0.25) is 10.0 Å². The predicted molar refractivity (Wildman–Crippen MR) is 75.6 cm³/mol. The zero-order valence-corrected chi connectivity index (χ0v) is 13.3. The number of furan rings is 1. The van der Waals surface area contributed by atoms with E-state index in [0.29, 0.717) is 23.6 Å². The molecule has 0 aromatic carbocycles. The molecule has 5 nitrogen and oxygen atoms in total. The first kappa shape index (κ1) is 16.2. The summed E-state index contributed by atoms with van der Waals surface area (Å²) in [5, 5.41) is 2.97. The summed E-state index contributed by atoms with van der Waals surface area (Å²) in [5.41, 5.74) is 0.698. The molecule has 1 rings (SSSR count). The molecular formula is C13H24N2O3S. The Kier molecular flexibility index (Phi) is 5.18. The third kappa shape index (κ3) is 3.58. The van der Waals surface area contributed by atoms with Gasteiger partial charge >= 0.3 is 0 Å². The molecule has 1 aromatic heterocycles. The predicted octanol–water partition coefficient (Wildman–Crippen LogP) is 1.94. The Bertz CT molecular complexity index is 532. The lowest BCUT2D eigenvalue weighted by Crippen LogP contribution is -2.36. The molecule has 1 heterocycles. The van der Waals surface area contributed by atoms with Crippen LogP contribution in [0, 0.1) is 19.8 Å². The molecule has 0 fully saturated rings. The Morgan fingerprint density at radius 1 is 1.16 bits per heavy atom. The van der Waals surface area contributed by atoms with Crippen LogP contribution < -0.4 is 10.0 Å². The molecule has 2 N–H and O–H groups in total. The highest BCUT2D eigenvalue weighted by Gasteiger charge is 2.28. The van der Waals surface area contributed by atoms with Crippen LogP contribution >= 0.6 is 0 Å².